The standard InChI is InChI=1S/C37H41Cl2N3O4S/c1-5-6-22-40-37(44)35(23-29-13-8-7-9-14-29)41(24-31-32(38)15-11-16-33(31)39)36(43)25-42(34-17-10-12-27(3)28(34)4)47(45,46)30-20-18-26(2)19-21-30/h7-21,35H,5-6,22-25H2,1-4H3,(H,40,44)/t35-/m0/s1. The summed E-state index contributed by atoms with van der Waals surface area (Å²) in [6.07, 6.45) is 1.84. The molecule has 47 heavy (non-hydrogen) atoms. The van der Waals surface area contributed by atoms with Gasteiger partial charge in [0.2, 0.25) is 11.8 Å². The molecule has 0 radical (unpaired) electrons. The van der Waals surface area contributed by atoms with E-state index in [0.717, 1.165) is 39.4 Å². The van der Waals surface area contributed by atoms with Gasteiger partial charge in [-0.1, -0.05) is 103 Å². The number of halogens is 2. The van der Waals surface area contributed by atoms with Crippen molar-refractivity contribution in [2.45, 2.75) is 64.4 Å². The fraction of sp³-hybridized carbons (Fsp3) is 0.297. The highest BCUT2D eigenvalue weighted by Crippen LogP contribution is 2.31. The van der Waals surface area contributed by atoms with Gasteiger partial charge in [-0.15, -0.1) is 0 Å². The lowest BCUT2D eigenvalue weighted by Gasteiger charge is -2.34. The number of carbonyl (C=O) groups excluding carboxylic acids is 2. The van der Waals surface area contributed by atoms with Crippen LogP contribution in [0, 0.1) is 20.8 Å². The third-order valence-electron chi connectivity index (χ3n) is 8.22. The quantitative estimate of drug-likeness (QED) is 0.137. The molecular weight excluding hydrogens is 653 g/mol. The summed E-state index contributed by atoms with van der Waals surface area (Å²) < 4.78 is 29.8. The van der Waals surface area contributed by atoms with E-state index in [0.29, 0.717) is 27.8 Å². The van der Waals surface area contributed by atoms with Gasteiger partial charge >= 0.3 is 0 Å². The zero-order valence-electron chi connectivity index (χ0n) is 27.2. The average molecular weight is 695 g/mol. The van der Waals surface area contributed by atoms with Crippen LogP contribution in [0.4, 0.5) is 5.69 Å². The van der Waals surface area contributed by atoms with Crippen LogP contribution in [0.15, 0.2) is 95.9 Å². The second-order valence-corrected chi connectivity index (χ2v) is 14.3. The number of nitrogens with one attached hydrogen (secondary N) is 1. The summed E-state index contributed by atoms with van der Waals surface area (Å²) in [4.78, 5) is 30.1. The van der Waals surface area contributed by atoms with E-state index in [1.807, 2.05) is 64.1 Å². The molecule has 4 rings (SSSR count). The molecule has 10 heteroatoms. The molecule has 0 heterocycles. The maximum absolute atomic E-state index is 14.7. The average Bonchev–Trinajstić information content (AvgIpc) is 3.05. The topological polar surface area (TPSA) is 86.8 Å². The summed E-state index contributed by atoms with van der Waals surface area (Å²) in [5, 5.41) is 3.65. The molecule has 0 bridgehead atoms. The van der Waals surface area contributed by atoms with Crippen molar-refractivity contribution in [3.63, 3.8) is 0 Å². The molecule has 1 N–H and O–H groups in total. The van der Waals surface area contributed by atoms with Crippen molar-refractivity contribution in [3.8, 4) is 0 Å². The maximum Gasteiger partial charge on any atom is 0.264 e. The highest BCUT2D eigenvalue weighted by molar-refractivity contribution is 7.92. The Hall–Kier alpha value is -3.85. The van der Waals surface area contributed by atoms with Gasteiger partial charge in [-0.25, -0.2) is 8.42 Å². The molecule has 0 fully saturated rings. The molecule has 0 saturated carbocycles. The van der Waals surface area contributed by atoms with Crippen molar-refractivity contribution in [3.05, 3.63) is 129 Å². The third-order valence-corrected chi connectivity index (χ3v) is 10.7. The first kappa shape index (κ1) is 36.0. The maximum atomic E-state index is 14.7. The summed E-state index contributed by atoms with van der Waals surface area (Å²) in [6.45, 7) is 7.38. The second-order valence-electron chi connectivity index (χ2n) is 11.6. The highest BCUT2D eigenvalue weighted by Gasteiger charge is 2.35. The Labute approximate surface area is 288 Å². The zero-order chi connectivity index (χ0) is 34.1. The molecule has 2 amide bonds. The lowest BCUT2D eigenvalue weighted by atomic mass is 10.0. The lowest BCUT2D eigenvalue weighted by Crippen LogP contribution is -2.53. The van der Waals surface area contributed by atoms with Crippen molar-refractivity contribution in [2.75, 3.05) is 17.4 Å². The number of unbranched alkanes of at least 4 members (excludes halogenated alkanes) is 1. The fourth-order valence-corrected chi connectivity index (χ4v) is 7.26. The fourth-order valence-electron chi connectivity index (χ4n) is 5.27. The minimum absolute atomic E-state index is 0.0515. The van der Waals surface area contributed by atoms with Crippen LogP contribution in [0.25, 0.3) is 0 Å². The number of sulfonamides is 1. The summed E-state index contributed by atoms with van der Waals surface area (Å²) >= 11 is 13.2. The monoisotopic (exact) mass is 693 g/mol. The van der Waals surface area contributed by atoms with Gasteiger partial charge in [-0.2, -0.15) is 0 Å². The Balaban J connectivity index is 1.85. The normalized spacial score (nSPS) is 12.0. The van der Waals surface area contributed by atoms with E-state index in [-0.39, 0.29) is 23.8 Å². The smallest absolute Gasteiger partial charge is 0.264 e. The molecular formula is C37H41Cl2N3O4S. The molecule has 1 atom stereocenters. The van der Waals surface area contributed by atoms with Gasteiger partial charge in [-0.05, 0) is 74.2 Å². The van der Waals surface area contributed by atoms with Gasteiger partial charge in [0.15, 0.2) is 0 Å². The summed E-state index contributed by atoms with van der Waals surface area (Å²) in [5.41, 5.74) is 4.17. The Morgan fingerprint density at radius 2 is 1.47 bits per heavy atom. The minimum atomic E-state index is -4.22. The molecule has 0 unspecified atom stereocenters. The van der Waals surface area contributed by atoms with Crippen LogP contribution >= 0.6 is 23.2 Å². The molecule has 0 aromatic heterocycles. The van der Waals surface area contributed by atoms with Gasteiger partial charge in [-0.3, -0.25) is 13.9 Å². The van der Waals surface area contributed by atoms with Crippen LogP contribution in [0.3, 0.4) is 0 Å². The first-order chi connectivity index (χ1) is 22.4. The van der Waals surface area contributed by atoms with Crippen molar-refractivity contribution in [1.29, 1.82) is 0 Å². The van der Waals surface area contributed by atoms with Gasteiger partial charge in [0.1, 0.15) is 12.6 Å². The number of hydrogen-bond donors (Lipinski definition) is 1. The Morgan fingerprint density at radius 3 is 2.11 bits per heavy atom. The Kier molecular flexibility index (Phi) is 12.5. The number of benzene rings is 4. The van der Waals surface area contributed by atoms with E-state index >= 15 is 0 Å². The van der Waals surface area contributed by atoms with Gasteiger partial charge in [0, 0.05) is 35.1 Å². The van der Waals surface area contributed by atoms with Crippen LogP contribution < -0.4 is 9.62 Å². The summed E-state index contributed by atoms with van der Waals surface area (Å²) in [6, 6.07) is 25.3. The van der Waals surface area contributed by atoms with E-state index in [1.54, 1.807) is 42.5 Å². The minimum Gasteiger partial charge on any atom is -0.354 e. The molecule has 0 aliphatic carbocycles. The lowest BCUT2D eigenvalue weighted by molar-refractivity contribution is -0.140. The number of carbonyl (C=O) groups is 2. The first-order valence-corrected chi connectivity index (χ1v) is 17.8. The van der Waals surface area contributed by atoms with E-state index in [1.165, 1.54) is 17.0 Å². The number of nitrogens with zero attached hydrogens (tertiary/aromatic N) is 2. The van der Waals surface area contributed by atoms with Crippen LogP contribution in [0.1, 0.15) is 47.6 Å². The summed E-state index contributed by atoms with van der Waals surface area (Å²) in [7, 11) is -4.22. The molecule has 0 aliphatic rings. The van der Waals surface area contributed by atoms with E-state index < -0.39 is 28.5 Å². The number of rotatable bonds is 14. The van der Waals surface area contributed by atoms with E-state index in [4.69, 9.17) is 23.2 Å². The number of hydrogen-bond acceptors (Lipinski definition) is 4. The predicted molar refractivity (Wildman–Crippen MR) is 190 cm³/mol. The zero-order valence-corrected chi connectivity index (χ0v) is 29.5. The molecule has 0 spiro atoms. The number of aryl methyl sites for hydroxylation is 2. The Morgan fingerprint density at radius 1 is 0.830 bits per heavy atom. The SMILES string of the molecule is CCCCNC(=O)[C@H](Cc1ccccc1)N(Cc1c(Cl)cccc1Cl)C(=O)CN(c1cccc(C)c1C)S(=O)(=O)c1ccc(C)cc1. The Bertz CT molecular complexity index is 1780. The van der Waals surface area contributed by atoms with Crippen molar-refractivity contribution in [1.82, 2.24) is 10.2 Å². The van der Waals surface area contributed by atoms with Crippen LogP contribution in [-0.4, -0.2) is 44.3 Å². The molecule has 0 saturated heterocycles. The highest BCUT2D eigenvalue weighted by atomic mass is 35.5. The molecule has 0 aliphatic heterocycles. The van der Waals surface area contributed by atoms with Crippen molar-refractivity contribution >= 4 is 50.7 Å². The predicted octanol–water partition coefficient (Wildman–Crippen LogP) is 7.67. The molecule has 7 nitrogen and oxygen atoms in total. The van der Waals surface area contributed by atoms with Crippen LogP contribution in [0.5, 0.6) is 0 Å². The first-order valence-electron chi connectivity index (χ1n) is 15.6. The molecule has 4 aromatic carbocycles. The van der Waals surface area contributed by atoms with E-state index in [2.05, 4.69) is 5.32 Å². The number of amides is 2. The largest absolute Gasteiger partial charge is 0.354 e. The van der Waals surface area contributed by atoms with Gasteiger partial charge < -0.3 is 10.2 Å². The van der Waals surface area contributed by atoms with E-state index in [9.17, 15) is 18.0 Å². The third kappa shape index (κ3) is 8.95. The molecule has 248 valence electrons. The molecule has 4 aromatic rings. The van der Waals surface area contributed by atoms with Crippen molar-refractivity contribution < 1.29 is 18.0 Å². The van der Waals surface area contributed by atoms with Gasteiger partial charge in [0.05, 0.1) is 10.6 Å². The van der Waals surface area contributed by atoms with Crippen molar-refractivity contribution in [2.24, 2.45) is 0 Å². The van der Waals surface area contributed by atoms with Crippen LogP contribution in [-0.2, 0) is 32.6 Å². The summed E-state index contributed by atoms with van der Waals surface area (Å²) in [5.74, 6) is -0.928. The van der Waals surface area contributed by atoms with Crippen LogP contribution in [0.2, 0.25) is 10.0 Å². The second kappa shape index (κ2) is 16.3. The van der Waals surface area contributed by atoms with Gasteiger partial charge in [0.25, 0.3) is 10.0 Å². The number of anilines is 1.